The number of rotatable bonds is 2. The van der Waals surface area contributed by atoms with Crippen LogP contribution in [0.2, 0.25) is 0 Å². The third-order valence-electron chi connectivity index (χ3n) is 2.28. The van der Waals surface area contributed by atoms with Crippen LogP contribution in [0.25, 0.3) is 0 Å². The Morgan fingerprint density at radius 1 is 1.33 bits per heavy atom. The molecule has 0 spiro atoms. The monoisotopic (exact) mass is 204 g/mol. The molecule has 2 nitrogen and oxygen atoms in total. The van der Waals surface area contributed by atoms with E-state index in [2.05, 4.69) is 50.9 Å². The van der Waals surface area contributed by atoms with E-state index in [1.165, 1.54) is 11.1 Å². The first kappa shape index (κ1) is 11.8. The van der Waals surface area contributed by atoms with E-state index in [-0.39, 0.29) is 5.41 Å². The van der Waals surface area contributed by atoms with E-state index in [0.29, 0.717) is 12.4 Å². The Morgan fingerprint density at radius 3 is 2.53 bits per heavy atom. The minimum absolute atomic E-state index is 0.0379. The van der Waals surface area contributed by atoms with E-state index >= 15 is 0 Å². The van der Waals surface area contributed by atoms with Gasteiger partial charge in [0.15, 0.2) is 0 Å². The maximum absolute atomic E-state index is 5.89. The first-order chi connectivity index (χ1) is 6.89. The van der Waals surface area contributed by atoms with Gasteiger partial charge in [0.05, 0.1) is 12.4 Å². The molecule has 0 radical (unpaired) electrons. The maximum Gasteiger partial charge on any atom is 0.0995 e. The summed E-state index contributed by atoms with van der Waals surface area (Å²) in [5.74, 6) is 0.712. The molecule has 0 atom stereocenters. The van der Waals surface area contributed by atoms with Gasteiger partial charge in [0.25, 0.3) is 0 Å². The van der Waals surface area contributed by atoms with Crippen molar-refractivity contribution < 1.29 is 0 Å². The molecule has 2 heteroatoms. The molecule has 0 saturated carbocycles. The molecule has 2 N–H and O–H groups in total. The topological polar surface area (TPSA) is 38.4 Å². The molecule has 1 aromatic carbocycles. The molecule has 0 heterocycles. The van der Waals surface area contributed by atoms with Crippen LogP contribution < -0.4 is 5.73 Å². The highest BCUT2D eigenvalue weighted by molar-refractivity contribution is 5.85. The molecule has 82 valence electrons. The molecule has 15 heavy (non-hydrogen) atoms. The van der Waals surface area contributed by atoms with E-state index in [1.54, 1.807) is 0 Å². The number of hydrogen-bond acceptors (Lipinski definition) is 1. The van der Waals surface area contributed by atoms with Crippen molar-refractivity contribution in [2.45, 2.75) is 34.2 Å². The Kier molecular flexibility index (Phi) is 3.51. The summed E-state index contributed by atoms with van der Waals surface area (Å²) in [6, 6.07) is 8.35. The highest BCUT2D eigenvalue weighted by Gasteiger charge is 2.14. The normalized spacial score (nSPS) is 12.9. The van der Waals surface area contributed by atoms with Gasteiger partial charge in [-0.1, -0.05) is 50.6 Å². The third-order valence-corrected chi connectivity index (χ3v) is 2.28. The summed E-state index contributed by atoms with van der Waals surface area (Å²) in [6.07, 6.45) is 0. The minimum atomic E-state index is -0.0379. The van der Waals surface area contributed by atoms with Gasteiger partial charge in [-0.15, -0.1) is 0 Å². The minimum Gasteiger partial charge on any atom is -0.387 e. The molecule has 0 aromatic heterocycles. The Labute approximate surface area is 92.2 Å². The molecular formula is C13H20N2. The Balaban J connectivity index is 2.72. The second-order valence-electron chi connectivity index (χ2n) is 4.94. The third kappa shape index (κ3) is 3.74. The summed E-state index contributed by atoms with van der Waals surface area (Å²) < 4.78 is 0. The Hall–Kier alpha value is -1.31. The van der Waals surface area contributed by atoms with Gasteiger partial charge in [0.1, 0.15) is 0 Å². The molecule has 0 bridgehead atoms. The largest absolute Gasteiger partial charge is 0.387 e. The van der Waals surface area contributed by atoms with Crippen molar-refractivity contribution in [1.29, 1.82) is 0 Å². The number of nitrogens with two attached hydrogens (primary N) is 1. The summed E-state index contributed by atoms with van der Waals surface area (Å²) in [6.45, 7) is 8.97. The van der Waals surface area contributed by atoms with Gasteiger partial charge in [0.2, 0.25) is 0 Å². The summed E-state index contributed by atoms with van der Waals surface area (Å²) >= 11 is 0. The molecule has 0 saturated heterocycles. The van der Waals surface area contributed by atoms with E-state index in [4.69, 9.17) is 5.73 Å². The first-order valence-corrected chi connectivity index (χ1v) is 5.25. The van der Waals surface area contributed by atoms with E-state index in [1.807, 2.05) is 6.07 Å². The van der Waals surface area contributed by atoms with Crippen molar-refractivity contribution in [2.24, 2.45) is 16.1 Å². The summed E-state index contributed by atoms with van der Waals surface area (Å²) in [7, 11) is 0. The summed E-state index contributed by atoms with van der Waals surface area (Å²) in [5.41, 5.74) is 8.32. The molecule has 0 aliphatic heterocycles. The molecule has 0 amide bonds. The zero-order valence-electron chi connectivity index (χ0n) is 10.0. The lowest BCUT2D eigenvalue weighted by molar-refractivity contribution is 0.581. The molecule has 1 aromatic rings. The Bertz CT molecular complexity index is 359. The van der Waals surface area contributed by atoms with Crippen molar-refractivity contribution >= 4 is 5.84 Å². The maximum atomic E-state index is 5.89. The van der Waals surface area contributed by atoms with Gasteiger partial charge in [-0.05, 0) is 12.5 Å². The number of hydrogen-bond donors (Lipinski definition) is 1. The van der Waals surface area contributed by atoms with Crippen LogP contribution >= 0.6 is 0 Å². The van der Waals surface area contributed by atoms with E-state index in [0.717, 1.165) is 0 Å². The predicted molar refractivity (Wildman–Crippen MR) is 66.0 cm³/mol. The summed E-state index contributed by atoms with van der Waals surface area (Å²) in [5, 5.41) is 0. The fourth-order valence-corrected chi connectivity index (χ4v) is 1.22. The van der Waals surface area contributed by atoms with Crippen molar-refractivity contribution in [3.63, 3.8) is 0 Å². The first-order valence-electron chi connectivity index (χ1n) is 5.25. The van der Waals surface area contributed by atoms with Crippen LogP contribution in [-0.2, 0) is 6.54 Å². The Morgan fingerprint density at radius 2 is 2.00 bits per heavy atom. The number of benzene rings is 1. The quantitative estimate of drug-likeness (QED) is 0.584. The highest BCUT2D eigenvalue weighted by Crippen LogP contribution is 2.14. The van der Waals surface area contributed by atoms with Gasteiger partial charge in [-0.2, -0.15) is 0 Å². The molecule has 0 unspecified atom stereocenters. The van der Waals surface area contributed by atoms with Gasteiger partial charge < -0.3 is 5.73 Å². The lowest BCUT2D eigenvalue weighted by Crippen LogP contribution is -2.28. The van der Waals surface area contributed by atoms with Gasteiger partial charge in [-0.25, -0.2) is 0 Å². The number of amidine groups is 1. The zero-order valence-corrected chi connectivity index (χ0v) is 10.0. The van der Waals surface area contributed by atoms with Crippen LogP contribution in [0.4, 0.5) is 0 Å². The number of aliphatic imine (C=N–C) groups is 1. The standard InChI is InChI=1S/C13H20N2/c1-10-6-5-7-11(8-10)9-15-12(14)13(2,3)4/h5-8H,9H2,1-4H3,(H2,14,15). The van der Waals surface area contributed by atoms with Crippen LogP contribution in [0.3, 0.4) is 0 Å². The summed E-state index contributed by atoms with van der Waals surface area (Å²) in [4.78, 5) is 4.40. The molecule has 0 aliphatic carbocycles. The fourth-order valence-electron chi connectivity index (χ4n) is 1.22. The zero-order chi connectivity index (χ0) is 11.5. The average Bonchev–Trinajstić information content (AvgIpc) is 2.12. The number of aryl methyl sites for hydroxylation is 1. The second kappa shape index (κ2) is 4.47. The van der Waals surface area contributed by atoms with Crippen molar-refractivity contribution in [3.05, 3.63) is 35.4 Å². The molecule has 0 fully saturated rings. The SMILES string of the molecule is Cc1cccc(CN=C(N)C(C)(C)C)c1. The fraction of sp³-hybridized carbons (Fsp3) is 0.462. The smallest absolute Gasteiger partial charge is 0.0995 e. The van der Waals surface area contributed by atoms with Crippen LogP contribution in [0.1, 0.15) is 31.9 Å². The lowest BCUT2D eigenvalue weighted by atomic mass is 9.95. The second-order valence-corrected chi connectivity index (χ2v) is 4.94. The van der Waals surface area contributed by atoms with Crippen LogP contribution in [0.15, 0.2) is 29.3 Å². The molecule has 1 rings (SSSR count). The highest BCUT2D eigenvalue weighted by atomic mass is 14.9. The molecular weight excluding hydrogens is 184 g/mol. The number of nitrogens with zero attached hydrogens (tertiary/aromatic N) is 1. The van der Waals surface area contributed by atoms with Crippen LogP contribution in [0.5, 0.6) is 0 Å². The lowest BCUT2D eigenvalue weighted by Gasteiger charge is -2.17. The van der Waals surface area contributed by atoms with E-state index in [9.17, 15) is 0 Å². The van der Waals surface area contributed by atoms with Crippen LogP contribution in [0, 0.1) is 12.3 Å². The average molecular weight is 204 g/mol. The van der Waals surface area contributed by atoms with Crippen molar-refractivity contribution in [3.8, 4) is 0 Å². The molecule has 0 aliphatic rings. The van der Waals surface area contributed by atoms with Crippen molar-refractivity contribution in [2.75, 3.05) is 0 Å². The van der Waals surface area contributed by atoms with Crippen LogP contribution in [-0.4, -0.2) is 5.84 Å². The van der Waals surface area contributed by atoms with Gasteiger partial charge in [-0.3, -0.25) is 4.99 Å². The van der Waals surface area contributed by atoms with Gasteiger partial charge >= 0.3 is 0 Å². The van der Waals surface area contributed by atoms with E-state index < -0.39 is 0 Å². The van der Waals surface area contributed by atoms with Gasteiger partial charge in [0, 0.05) is 5.41 Å². The van der Waals surface area contributed by atoms with Crippen molar-refractivity contribution in [1.82, 2.24) is 0 Å². The predicted octanol–water partition coefficient (Wildman–Crippen LogP) is 2.90.